The molecule has 2 heterocycles. The van der Waals surface area contributed by atoms with Crippen LogP contribution in [-0.2, 0) is 0 Å². The maximum absolute atomic E-state index is 11.3. The summed E-state index contributed by atoms with van der Waals surface area (Å²) in [7, 11) is 0. The Bertz CT molecular complexity index is 1020. The van der Waals surface area contributed by atoms with Gasteiger partial charge in [0.05, 0.1) is 27.7 Å². The van der Waals surface area contributed by atoms with Gasteiger partial charge < -0.3 is 4.74 Å². The first-order valence-corrected chi connectivity index (χ1v) is 9.91. The van der Waals surface area contributed by atoms with Gasteiger partial charge in [-0.3, -0.25) is 10.1 Å². The zero-order valence-corrected chi connectivity index (χ0v) is 16.0. The summed E-state index contributed by atoms with van der Waals surface area (Å²) in [5, 5.41) is 25.3. The van der Waals surface area contributed by atoms with Crippen LogP contribution in [0.4, 0.5) is 5.69 Å². The largest absolute Gasteiger partial charge is 0.487 e. The Morgan fingerprint density at radius 2 is 2.26 bits per heavy atom. The van der Waals surface area contributed by atoms with Gasteiger partial charge in [0.25, 0.3) is 0 Å². The monoisotopic (exact) mass is 397 g/mol. The van der Waals surface area contributed by atoms with Crippen molar-refractivity contribution in [1.29, 1.82) is 5.26 Å². The number of ether oxygens (including phenoxy) is 1. The summed E-state index contributed by atoms with van der Waals surface area (Å²) in [4.78, 5) is 16.4. The van der Waals surface area contributed by atoms with Gasteiger partial charge in [-0.15, -0.1) is 22.7 Å². The van der Waals surface area contributed by atoms with Crippen molar-refractivity contribution in [1.82, 2.24) is 4.98 Å². The van der Waals surface area contributed by atoms with Crippen molar-refractivity contribution in [3.8, 4) is 22.4 Å². The summed E-state index contributed by atoms with van der Waals surface area (Å²) in [5.74, 6) is 0.228. The average molecular weight is 397 g/mol. The van der Waals surface area contributed by atoms with Gasteiger partial charge in [-0.05, 0) is 35.6 Å². The fraction of sp³-hybridized carbons (Fsp3) is 0.158. The van der Waals surface area contributed by atoms with Crippen LogP contribution in [0.1, 0.15) is 23.9 Å². The van der Waals surface area contributed by atoms with Crippen molar-refractivity contribution in [2.24, 2.45) is 0 Å². The first-order chi connectivity index (χ1) is 13.1. The molecule has 0 radical (unpaired) electrons. The molecule has 0 bridgehead atoms. The number of nitrogens with zero attached hydrogens (tertiary/aromatic N) is 3. The molecular weight excluding hydrogens is 382 g/mol. The Balaban J connectivity index is 1.93. The second-order valence-electron chi connectivity index (χ2n) is 5.52. The zero-order chi connectivity index (χ0) is 19.2. The van der Waals surface area contributed by atoms with Crippen LogP contribution in [0.25, 0.3) is 22.2 Å². The molecule has 1 aromatic carbocycles. The molecular formula is C19H15N3O3S2. The van der Waals surface area contributed by atoms with E-state index >= 15 is 0 Å². The number of thiophene rings is 1. The number of aromatic nitrogens is 1. The first kappa shape index (κ1) is 18.8. The number of nitro benzene ring substituents is 1. The molecule has 0 aliphatic heterocycles. The number of hydrogen-bond donors (Lipinski definition) is 0. The van der Waals surface area contributed by atoms with Gasteiger partial charge in [0.15, 0.2) is 5.75 Å². The maximum Gasteiger partial charge on any atom is 0.311 e. The number of nitriles is 1. The number of nitro groups is 1. The van der Waals surface area contributed by atoms with Crippen LogP contribution < -0.4 is 4.74 Å². The number of benzene rings is 1. The lowest BCUT2D eigenvalue weighted by molar-refractivity contribution is -0.385. The molecule has 2 aromatic heterocycles. The van der Waals surface area contributed by atoms with Gasteiger partial charge >= 0.3 is 5.69 Å². The van der Waals surface area contributed by atoms with Crippen LogP contribution in [0.5, 0.6) is 5.75 Å². The topological polar surface area (TPSA) is 89.0 Å². The van der Waals surface area contributed by atoms with E-state index in [0.29, 0.717) is 22.8 Å². The van der Waals surface area contributed by atoms with Crippen LogP contribution in [0.15, 0.2) is 41.1 Å². The van der Waals surface area contributed by atoms with Crippen LogP contribution in [0.3, 0.4) is 0 Å². The summed E-state index contributed by atoms with van der Waals surface area (Å²) in [6.07, 6.45) is 2.36. The normalized spacial score (nSPS) is 11.2. The predicted molar refractivity (Wildman–Crippen MR) is 108 cm³/mol. The van der Waals surface area contributed by atoms with Crippen LogP contribution >= 0.6 is 22.7 Å². The van der Waals surface area contributed by atoms with Crippen molar-refractivity contribution < 1.29 is 9.66 Å². The van der Waals surface area contributed by atoms with E-state index in [-0.39, 0.29) is 11.4 Å². The molecule has 0 aliphatic rings. The highest BCUT2D eigenvalue weighted by atomic mass is 32.1. The molecule has 0 unspecified atom stereocenters. The molecule has 6 nitrogen and oxygen atoms in total. The minimum absolute atomic E-state index is 0.118. The molecule has 27 heavy (non-hydrogen) atoms. The Morgan fingerprint density at radius 3 is 2.93 bits per heavy atom. The third-order valence-corrected chi connectivity index (χ3v) is 5.35. The van der Waals surface area contributed by atoms with Crippen LogP contribution in [0.2, 0.25) is 0 Å². The van der Waals surface area contributed by atoms with Crippen molar-refractivity contribution in [2.45, 2.75) is 13.3 Å². The molecule has 0 atom stereocenters. The molecule has 3 rings (SSSR count). The van der Waals surface area contributed by atoms with E-state index in [2.05, 4.69) is 11.1 Å². The van der Waals surface area contributed by atoms with E-state index < -0.39 is 4.92 Å². The standard InChI is InChI=1S/C19H15N3O3S2/c1-2-7-25-17-6-5-13(10-16(17)22(23)24)9-14(11-20)19-21-15(12-27-19)18-4-3-8-26-18/h3-6,8-10,12H,2,7H2,1H3/b14-9-. The quantitative estimate of drug-likeness (QED) is 0.293. The summed E-state index contributed by atoms with van der Waals surface area (Å²) < 4.78 is 5.43. The van der Waals surface area contributed by atoms with E-state index in [1.807, 2.05) is 29.8 Å². The summed E-state index contributed by atoms with van der Waals surface area (Å²) in [5.41, 5.74) is 1.61. The lowest BCUT2D eigenvalue weighted by atomic mass is 10.1. The van der Waals surface area contributed by atoms with Crippen molar-refractivity contribution in [3.63, 3.8) is 0 Å². The smallest absolute Gasteiger partial charge is 0.311 e. The SMILES string of the molecule is CCCOc1ccc(/C=C(/C#N)c2nc(-c3cccs3)cs2)cc1[N+](=O)[O-]. The molecule has 0 fully saturated rings. The lowest BCUT2D eigenvalue weighted by Crippen LogP contribution is -1.99. The summed E-state index contributed by atoms with van der Waals surface area (Å²) in [6.45, 7) is 2.34. The number of rotatable bonds is 7. The molecule has 3 aromatic rings. The van der Waals surface area contributed by atoms with E-state index in [9.17, 15) is 15.4 Å². The number of hydrogen-bond acceptors (Lipinski definition) is 7. The minimum atomic E-state index is -0.479. The summed E-state index contributed by atoms with van der Waals surface area (Å²) in [6, 6.07) is 10.7. The van der Waals surface area contributed by atoms with Gasteiger partial charge in [0, 0.05) is 11.4 Å². The molecule has 136 valence electrons. The number of thiazole rings is 1. The Kier molecular flexibility index (Phi) is 5.96. The number of allylic oxidation sites excluding steroid dienone is 1. The maximum atomic E-state index is 11.3. The fourth-order valence-corrected chi connectivity index (χ4v) is 3.89. The van der Waals surface area contributed by atoms with E-state index in [1.165, 1.54) is 17.4 Å². The van der Waals surface area contributed by atoms with Crippen LogP contribution in [-0.4, -0.2) is 16.5 Å². The van der Waals surface area contributed by atoms with E-state index in [0.717, 1.165) is 17.0 Å². The van der Waals surface area contributed by atoms with E-state index in [4.69, 9.17) is 4.74 Å². The highest BCUT2D eigenvalue weighted by molar-refractivity contribution is 7.14. The Hall–Kier alpha value is -3.02. The molecule has 0 N–H and O–H groups in total. The summed E-state index contributed by atoms with van der Waals surface area (Å²) >= 11 is 2.95. The third-order valence-electron chi connectivity index (χ3n) is 3.58. The zero-order valence-electron chi connectivity index (χ0n) is 14.4. The van der Waals surface area contributed by atoms with Crippen molar-refractivity contribution in [2.75, 3.05) is 6.61 Å². The Morgan fingerprint density at radius 1 is 1.41 bits per heavy atom. The highest BCUT2D eigenvalue weighted by Gasteiger charge is 2.16. The van der Waals surface area contributed by atoms with Gasteiger partial charge in [0.1, 0.15) is 11.1 Å². The van der Waals surface area contributed by atoms with Gasteiger partial charge in [-0.25, -0.2) is 4.98 Å². The fourth-order valence-electron chi connectivity index (χ4n) is 2.34. The molecule has 0 aliphatic carbocycles. The second-order valence-corrected chi connectivity index (χ2v) is 7.32. The van der Waals surface area contributed by atoms with Crippen molar-refractivity contribution >= 4 is 40.0 Å². The second kappa shape index (κ2) is 8.58. The van der Waals surface area contributed by atoms with Crippen molar-refractivity contribution in [3.05, 3.63) is 61.8 Å². The molecule has 0 saturated heterocycles. The van der Waals surface area contributed by atoms with E-state index in [1.54, 1.807) is 29.5 Å². The Labute approximate surface area is 164 Å². The molecule has 8 heteroatoms. The highest BCUT2D eigenvalue weighted by Crippen LogP contribution is 2.32. The minimum Gasteiger partial charge on any atom is -0.487 e. The third kappa shape index (κ3) is 4.39. The van der Waals surface area contributed by atoms with Gasteiger partial charge in [-0.2, -0.15) is 5.26 Å². The van der Waals surface area contributed by atoms with Crippen LogP contribution in [0, 0.1) is 21.4 Å². The average Bonchev–Trinajstić information content (AvgIpc) is 3.36. The first-order valence-electron chi connectivity index (χ1n) is 8.15. The predicted octanol–water partition coefficient (Wildman–Crippen LogP) is 5.63. The van der Waals surface area contributed by atoms with Gasteiger partial charge in [0.2, 0.25) is 0 Å². The van der Waals surface area contributed by atoms with Gasteiger partial charge in [-0.1, -0.05) is 19.1 Å². The molecule has 0 spiro atoms. The molecule has 0 amide bonds. The lowest BCUT2D eigenvalue weighted by Gasteiger charge is -2.06. The molecule has 0 saturated carbocycles.